The number of rotatable bonds is 3. The first-order valence-electron chi connectivity index (χ1n) is 8.72. The Morgan fingerprint density at radius 1 is 1.00 bits per heavy atom. The quantitative estimate of drug-likeness (QED) is 0.541. The van der Waals surface area contributed by atoms with Crippen LogP contribution in [0.15, 0.2) is 12.1 Å². The maximum absolute atomic E-state index is 13.7. The molecule has 0 heterocycles. The first-order valence-corrected chi connectivity index (χ1v) is 9.10. The van der Waals surface area contributed by atoms with Gasteiger partial charge in [0.25, 0.3) is 0 Å². The highest BCUT2D eigenvalue weighted by Gasteiger charge is 2.36. The van der Waals surface area contributed by atoms with Gasteiger partial charge in [0.15, 0.2) is 0 Å². The van der Waals surface area contributed by atoms with E-state index in [0.29, 0.717) is 5.92 Å². The zero-order chi connectivity index (χ0) is 15.7. The van der Waals surface area contributed by atoms with Gasteiger partial charge in [0.2, 0.25) is 0 Å². The molecule has 0 spiro atoms. The van der Waals surface area contributed by atoms with E-state index in [1.165, 1.54) is 50.7 Å². The molecule has 0 radical (unpaired) electrons. The van der Waals surface area contributed by atoms with Crippen molar-refractivity contribution in [2.45, 2.75) is 64.2 Å². The van der Waals surface area contributed by atoms with E-state index in [2.05, 4.69) is 6.92 Å². The lowest BCUT2D eigenvalue weighted by molar-refractivity contribution is 0.114. The molecular weight excluding hydrogens is 302 g/mol. The lowest BCUT2D eigenvalue weighted by Gasteiger charge is -2.42. The Bertz CT molecular complexity index is 505. The van der Waals surface area contributed by atoms with Crippen molar-refractivity contribution in [1.82, 2.24) is 0 Å². The highest BCUT2D eigenvalue weighted by molar-refractivity contribution is 6.30. The van der Waals surface area contributed by atoms with Gasteiger partial charge in [0.1, 0.15) is 16.7 Å². The molecular formula is C19H25ClF2. The molecule has 0 aromatic heterocycles. The molecule has 0 saturated heterocycles. The van der Waals surface area contributed by atoms with Gasteiger partial charge in [-0.05, 0) is 73.5 Å². The van der Waals surface area contributed by atoms with Gasteiger partial charge in [-0.15, -0.1) is 0 Å². The minimum Gasteiger partial charge on any atom is -0.205 e. The fourth-order valence-corrected chi connectivity index (χ4v) is 4.88. The summed E-state index contributed by atoms with van der Waals surface area (Å²) in [6.07, 6.45) is 10.0. The van der Waals surface area contributed by atoms with Crippen LogP contribution in [-0.4, -0.2) is 0 Å². The number of hydrogen-bond donors (Lipinski definition) is 0. The Labute approximate surface area is 137 Å². The summed E-state index contributed by atoms with van der Waals surface area (Å²) in [6.45, 7) is 2.27. The van der Waals surface area contributed by atoms with Crippen molar-refractivity contribution in [1.29, 1.82) is 0 Å². The van der Waals surface area contributed by atoms with Crippen LogP contribution in [0.2, 0.25) is 5.02 Å². The molecule has 3 rings (SSSR count). The van der Waals surface area contributed by atoms with Crippen molar-refractivity contribution < 1.29 is 8.78 Å². The van der Waals surface area contributed by atoms with Crippen molar-refractivity contribution >= 4 is 11.6 Å². The minimum absolute atomic E-state index is 0.297. The summed E-state index contributed by atoms with van der Waals surface area (Å²) in [5.74, 6) is 1.55. The number of fused-ring (bicyclic) bond motifs is 1. The fourth-order valence-electron chi connectivity index (χ4n) is 4.77. The van der Waals surface area contributed by atoms with E-state index in [4.69, 9.17) is 11.6 Å². The van der Waals surface area contributed by atoms with Gasteiger partial charge in [-0.1, -0.05) is 37.8 Å². The minimum atomic E-state index is -0.620. The SMILES string of the molecule is CCCC1CCC2CC(c3cc(F)c(Cl)c(F)c3)CCC2C1. The van der Waals surface area contributed by atoms with Crippen LogP contribution < -0.4 is 0 Å². The van der Waals surface area contributed by atoms with E-state index >= 15 is 0 Å². The molecule has 3 heteroatoms. The molecule has 2 aliphatic rings. The molecule has 0 bridgehead atoms. The monoisotopic (exact) mass is 326 g/mol. The third-order valence-corrected chi connectivity index (χ3v) is 6.26. The molecule has 0 amide bonds. The Morgan fingerprint density at radius 3 is 2.32 bits per heavy atom. The predicted molar refractivity (Wildman–Crippen MR) is 87.2 cm³/mol. The van der Waals surface area contributed by atoms with E-state index in [1.807, 2.05) is 0 Å². The molecule has 0 nitrogen and oxygen atoms in total. The average molecular weight is 327 g/mol. The van der Waals surface area contributed by atoms with Crippen LogP contribution in [-0.2, 0) is 0 Å². The van der Waals surface area contributed by atoms with E-state index in [1.54, 1.807) is 0 Å². The Balaban J connectivity index is 1.68. The molecule has 0 aliphatic heterocycles. The van der Waals surface area contributed by atoms with Crippen molar-refractivity contribution in [2.24, 2.45) is 17.8 Å². The second-order valence-electron chi connectivity index (χ2n) is 7.30. The second-order valence-corrected chi connectivity index (χ2v) is 7.67. The van der Waals surface area contributed by atoms with Gasteiger partial charge in [-0.3, -0.25) is 0 Å². The fraction of sp³-hybridized carbons (Fsp3) is 0.684. The average Bonchev–Trinajstić information content (AvgIpc) is 2.52. The smallest absolute Gasteiger partial charge is 0.145 e. The van der Waals surface area contributed by atoms with Gasteiger partial charge in [-0.25, -0.2) is 8.78 Å². The Hall–Kier alpha value is -0.630. The highest BCUT2D eigenvalue weighted by atomic mass is 35.5. The summed E-state index contributed by atoms with van der Waals surface area (Å²) in [5.41, 5.74) is 0.800. The lowest BCUT2D eigenvalue weighted by Crippen LogP contribution is -2.30. The normalized spacial score (nSPS) is 31.8. The van der Waals surface area contributed by atoms with Crippen LogP contribution in [0.25, 0.3) is 0 Å². The number of benzene rings is 1. The summed E-state index contributed by atoms with van der Waals surface area (Å²) in [6, 6.07) is 2.89. The highest BCUT2D eigenvalue weighted by Crippen LogP contribution is 2.48. The van der Waals surface area contributed by atoms with Gasteiger partial charge < -0.3 is 0 Å². The van der Waals surface area contributed by atoms with Crippen LogP contribution in [0.4, 0.5) is 8.78 Å². The molecule has 2 saturated carbocycles. The number of hydrogen-bond acceptors (Lipinski definition) is 0. The molecule has 2 aliphatic carbocycles. The summed E-state index contributed by atoms with van der Waals surface area (Å²) in [5, 5.41) is -0.377. The zero-order valence-corrected chi connectivity index (χ0v) is 14.0. The first kappa shape index (κ1) is 16.2. The van der Waals surface area contributed by atoms with Crippen LogP contribution in [0.5, 0.6) is 0 Å². The van der Waals surface area contributed by atoms with E-state index in [-0.39, 0.29) is 5.02 Å². The van der Waals surface area contributed by atoms with Gasteiger partial charge in [0, 0.05) is 0 Å². The molecule has 1 aromatic rings. The maximum Gasteiger partial charge on any atom is 0.145 e. The molecule has 1 aromatic carbocycles. The predicted octanol–water partition coefficient (Wildman–Crippen LogP) is 6.72. The second kappa shape index (κ2) is 6.86. The van der Waals surface area contributed by atoms with E-state index < -0.39 is 11.6 Å². The molecule has 2 fully saturated rings. The van der Waals surface area contributed by atoms with Crippen LogP contribution in [0, 0.1) is 29.4 Å². The molecule has 0 N–H and O–H groups in total. The van der Waals surface area contributed by atoms with Crippen LogP contribution in [0.1, 0.15) is 69.8 Å². The Kier molecular flexibility index (Phi) is 5.07. The zero-order valence-electron chi connectivity index (χ0n) is 13.3. The van der Waals surface area contributed by atoms with Crippen molar-refractivity contribution in [3.63, 3.8) is 0 Å². The third kappa shape index (κ3) is 3.32. The molecule has 22 heavy (non-hydrogen) atoms. The van der Waals surface area contributed by atoms with Crippen molar-refractivity contribution in [3.05, 3.63) is 34.4 Å². The summed E-state index contributed by atoms with van der Waals surface area (Å²) in [4.78, 5) is 0. The van der Waals surface area contributed by atoms with E-state index in [9.17, 15) is 8.78 Å². The lowest BCUT2D eigenvalue weighted by atomic mass is 9.63. The number of halogens is 3. The van der Waals surface area contributed by atoms with Crippen LogP contribution in [0.3, 0.4) is 0 Å². The largest absolute Gasteiger partial charge is 0.205 e. The molecule has 4 atom stereocenters. The summed E-state index contributed by atoms with van der Waals surface area (Å²) < 4.78 is 27.4. The summed E-state index contributed by atoms with van der Waals surface area (Å²) >= 11 is 5.59. The standard InChI is InChI=1S/C19H25ClF2/c1-2-3-12-4-5-14-9-15(7-6-13(14)8-12)16-10-17(21)19(20)18(22)11-16/h10-15H,2-9H2,1H3. The van der Waals surface area contributed by atoms with Gasteiger partial charge in [0.05, 0.1) is 0 Å². The molecule has 4 unspecified atom stereocenters. The first-order chi connectivity index (χ1) is 10.6. The maximum atomic E-state index is 13.7. The van der Waals surface area contributed by atoms with Crippen LogP contribution >= 0.6 is 11.6 Å². The van der Waals surface area contributed by atoms with E-state index in [0.717, 1.165) is 36.2 Å². The van der Waals surface area contributed by atoms with Gasteiger partial charge in [-0.2, -0.15) is 0 Å². The van der Waals surface area contributed by atoms with Crippen molar-refractivity contribution in [3.8, 4) is 0 Å². The third-order valence-electron chi connectivity index (χ3n) is 5.90. The van der Waals surface area contributed by atoms with Crippen molar-refractivity contribution in [2.75, 3.05) is 0 Å². The summed E-state index contributed by atoms with van der Waals surface area (Å²) in [7, 11) is 0. The topological polar surface area (TPSA) is 0 Å². The van der Waals surface area contributed by atoms with Gasteiger partial charge >= 0.3 is 0 Å². The Morgan fingerprint density at radius 2 is 1.64 bits per heavy atom. The molecule has 122 valence electrons.